The first-order chi connectivity index (χ1) is 20.5. The minimum atomic E-state index is -0.647. The summed E-state index contributed by atoms with van der Waals surface area (Å²) in [7, 11) is 1.65. The third kappa shape index (κ3) is 6.48. The van der Waals surface area contributed by atoms with Gasteiger partial charge in [-0.25, -0.2) is 14.3 Å². The number of nitrogens with one attached hydrogen (secondary N) is 1. The van der Waals surface area contributed by atoms with Crippen LogP contribution >= 0.6 is 11.3 Å². The van der Waals surface area contributed by atoms with Crippen LogP contribution in [0.1, 0.15) is 73.1 Å². The molecule has 5 rings (SSSR count). The number of rotatable bonds is 4. The number of likely N-dealkylation sites (N-methyl/N-ethyl adjacent to an activating group) is 1. The maximum Gasteiger partial charge on any atom is 0.264 e. The first-order valence-electron chi connectivity index (χ1n) is 14.8. The summed E-state index contributed by atoms with van der Waals surface area (Å²) in [4.78, 5) is 49.8. The van der Waals surface area contributed by atoms with Gasteiger partial charge in [-0.05, 0) is 57.7 Å². The molecule has 0 unspecified atom stereocenters. The molecule has 4 aromatic rings. The van der Waals surface area contributed by atoms with Crippen molar-refractivity contribution in [3.05, 3.63) is 58.6 Å². The summed E-state index contributed by atoms with van der Waals surface area (Å²) < 4.78 is 3.70. The van der Waals surface area contributed by atoms with Gasteiger partial charge < -0.3 is 15.1 Å². The monoisotopic (exact) mass is 604 g/mol. The quantitative estimate of drug-likeness (QED) is 0.372. The molecule has 43 heavy (non-hydrogen) atoms. The lowest BCUT2D eigenvalue weighted by Crippen LogP contribution is -2.47. The van der Waals surface area contributed by atoms with E-state index in [0.717, 1.165) is 21.6 Å². The summed E-state index contributed by atoms with van der Waals surface area (Å²) in [5.74, 6) is 1.10. The minimum Gasteiger partial charge on any atom is -0.344 e. The number of hydrogen-bond donors (Lipinski definition) is 1. The Kier molecular flexibility index (Phi) is 8.95. The molecule has 0 bridgehead atoms. The van der Waals surface area contributed by atoms with Gasteiger partial charge >= 0.3 is 0 Å². The lowest BCUT2D eigenvalue weighted by molar-refractivity contribution is -0.138. The van der Waals surface area contributed by atoms with E-state index in [1.165, 1.54) is 16.2 Å². The van der Waals surface area contributed by atoms with Crippen LogP contribution < -0.4 is 5.32 Å². The highest BCUT2D eigenvalue weighted by atomic mass is 32.1. The van der Waals surface area contributed by atoms with Crippen LogP contribution in [0, 0.1) is 19.8 Å². The van der Waals surface area contributed by atoms with E-state index >= 15 is 0 Å². The fraction of sp³-hybridized carbons (Fsp3) is 0.484. The van der Waals surface area contributed by atoms with Gasteiger partial charge in [0.2, 0.25) is 11.8 Å². The van der Waals surface area contributed by atoms with Gasteiger partial charge in [0, 0.05) is 31.9 Å². The molecule has 0 spiro atoms. The summed E-state index contributed by atoms with van der Waals surface area (Å²) in [6.45, 7) is 10.9. The molecule has 3 amide bonds. The number of benzene rings is 1. The first kappa shape index (κ1) is 30.4. The summed E-state index contributed by atoms with van der Waals surface area (Å²) in [5, 5.41) is 13.4. The molecule has 1 aliphatic heterocycles. The standard InChI is InChI=1S/C31H40N8O3S/c1-19(2)17-25-28-32-22(5)35-38(28)16-15-37(14-10-13-27(40)36(6)21(4)29(41)33-25)30(42)26-18-24-20(3)34-39(31(24)43-26)23-11-8-7-9-12-23/h7-9,11-12,18-19,21,25H,10,13-17H2,1-6H3,(H,33,41)/t21-,25+/m0/s1. The van der Waals surface area contributed by atoms with E-state index in [2.05, 4.69) is 24.3 Å². The maximum atomic E-state index is 14.0. The Balaban J connectivity index is 1.48. The molecular formula is C31H40N8O3S. The molecule has 228 valence electrons. The van der Waals surface area contributed by atoms with Crippen molar-refractivity contribution in [2.24, 2.45) is 5.92 Å². The Morgan fingerprint density at radius 2 is 1.84 bits per heavy atom. The highest BCUT2D eigenvalue weighted by Crippen LogP contribution is 2.31. The SMILES string of the molecule is Cc1nc2n(n1)CCN(C(=O)c1cc3c(C)nn(-c4ccccc4)c3s1)CCCC(=O)N(C)[C@@H](C)C(=O)N[C@@H]2CC(C)C. The van der Waals surface area contributed by atoms with E-state index in [0.29, 0.717) is 49.0 Å². The predicted molar refractivity (Wildman–Crippen MR) is 166 cm³/mol. The van der Waals surface area contributed by atoms with Crippen molar-refractivity contribution in [3.8, 4) is 5.69 Å². The molecule has 0 saturated heterocycles. The van der Waals surface area contributed by atoms with Crippen molar-refractivity contribution in [1.29, 1.82) is 0 Å². The molecule has 11 nitrogen and oxygen atoms in total. The normalized spacial score (nSPS) is 19.0. The third-order valence-electron chi connectivity index (χ3n) is 7.94. The van der Waals surface area contributed by atoms with E-state index in [4.69, 9.17) is 10.1 Å². The Morgan fingerprint density at radius 1 is 1.09 bits per heavy atom. The average Bonchev–Trinajstić information content (AvgIpc) is 3.67. The van der Waals surface area contributed by atoms with Crippen molar-refractivity contribution in [2.45, 2.75) is 72.5 Å². The molecular weight excluding hydrogens is 564 g/mol. The van der Waals surface area contributed by atoms with E-state index in [1.54, 1.807) is 18.9 Å². The molecule has 12 heteroatoms. The van der Waals surface area contributed by atoms with Crippen LogP contribution in [-0.2, 0) is 16.1 Å². The van der Waals surface area contributed by atoms with Crippen molar-refractivity contribution in [3.63, 3.8) is 0 Å². The highest BCUT2D eigenvalue weighted by molar-refractivity contribution is 7.20. The van der Waals surface area contributed by atoms with E-state index in [9.17, 15) is 14.4 Å². The van der Waals surface area contributed by atoms with Crippen LogP contribution in [0.3, 0.4) is 0 Å². The lowest BCUT2D eigenvalue weighted by Gasteiger charge is -2.29. The fourth-order valence-corrected chi connectivity index (χ4v) is 6.61. The molecule has 3 aromatic heterocycles. The maximum absolute atomic E-state index is 14.0. The second kappa shape index (κ2) is 12.7. The van der Waals surface area contributed by atoms with Crippen molar-refractivity contribution >= 4 is 39.3 Å². The predicted octanol–water partition coefficient (Wildman–Crippen LogP) is 4.28. The molecule has 0 radical (unpaired) electrons. The van der Waals surface area contributed by atoms with Crippen LogP contribution in [0.5, 0.6) is 0 Å². The summed E-state index contributed by atoms with van der Waals surface area (Å²) in [6, 6.07) is 10.8. The number of nitrogens with zero attached hydrogens (tertiary/aromatic N) is 7. The van der Waals surface area contributed by atoms with E-state index in [1.807, 2.05) is 59.6 Å². The first-order valence-corrected chi connectivity index (χ1v) is 15.7. The Bertz CT molecular complexity index is 1620. The highest BCUT2D eigenvalue weighted by Gasteiger charge is 2.29. The van der Waals surface area contributed by atoms with E-state index < -0.39 is 6.04 Å². The van der Waals surface area contributed by atoms with Gasteiger partial charge in [0.25, 0.3) is 5.91 Å². The molecule has 0 fully saturated rings. The third-order valence-corrected chi connectivity index (χ3v) is 9.04. The van der Waals surface area contributed by atoms with Crippen molar-refractivity contribution in [2.75, 3.05) is 20.1 Å². The Hall–Kier alpha value is -4.06. The van der Waals surface area contributed by atoms with Crippen LogP contribution in [0.15, 0.2) is 36.4 Å². The number of aromatic nitrogens is 5. The summed E-state index contributed by atoms with van der Waals surface area (Å²) >= 11 is 1.43. The van der Waals surface area contributed by atoms with Gasteiger partial charge in [-0.3, -0.25) is 14.4 Å². The van der Waals surface area contributed by atoms with Gasteiger partial charge in [0.05, 0.1) is 28.8 Å². The Morgan fingerprint density at radius 3 is 2.56 bits per heavy atom. The molecule has 0 aliphatic carbocycles. The topological polar surface area (TPSA) is 118 Å². The molecule has 1 aromatic carbocycles. The zero-order chi connectivity index (χ0) is 30.8. The number of aryl methyl sites for hydroxylation is 2. The lowest BCUT2D eigenvalue weighted by atomic mass is 10.0. The zero-order valence-electron chi connectivity index (χ0n) is 25.7. The zero-order valence-corrected chi connectivity index (χ0v) is 26.5. The number of hydrogen-bond acceptors (Lipinski definition) is 7. The van der Waals surface area contributed by atoms with Gasteiger partial charge in [0.15, 0.2) is 0 Å². The van der Waals surface area contributed by atoms with Gasteiger partial charge in [-0.15, -0.1) is 11.3 Å². The van der Waals surface area contributed by atoms with Gasteiger partial charge in [0.1, 0.15) is 22.5 Å². The second-order valence-corrected chi connectivity index (χ2v) is 12.7. The smallest absolute Gasteiger partial charge is 0.264 e. The van der Waals surface area contributed by atoms with Crippen LogP contribution in [0.25, 0.3) is 15.9 Å². The van der Waals surface area contributed by atoms with Crippen molar-refractivity contribution < 1.29 is 14.4 Å². The molecule has 1 aliphatic rings. The van der Waals surface area contributed by atoms with Crippen molar-refractivity contribution in [1.82, 2.24) is 39.7 Å². The largest absolute Gasteiger partial charge is 0.344 e. The van der Waals surface area contributed by atoms with Gasteiger partial charge in [-0.1, -0.05) is 32.0 Å². The number of thiophene rings is 1. The molecule has 0 saturated carbocycles. The average molecular weight is 605 g/mol. The minimum absolute atomic E-state index is 0.0908. The number of carbonyl (C=O) groups excluding carboxylic acids is 3. The molecule has 1 N–H and O–H groups in total. The van der Waals surface area contributed by atoms with Crippen LogP contribution in [0.4, 0.5) is 0 Å². The van der Waals surface area contributed by atoms with Crippen LogP contribution in [0.2, 0.25) is 0 Å². The van der Waals surface area contributed by atoms with E-state index in [-0.39, 0.29) is 36.1 Å². The number of amides is 3. The van der Waals surface area contributed by atoms with Gasteiger partial charge in [-0.2, -0.15) is 10.2 Å². The molecule has 2 atom stereocenters. The summed E-state index contributed by atoms with van der Waals surface area (Å²) in [5.41, 5.74) is 1.80. The second-order valence-electron chi connectivity index (χ2n) is 11.7. The summed E-state index contributed by atoms with van der Waals surface area (Å²) in [6.07, 6.45) is 1.37. The van der Waals surface area contributed by atoms with Crippen LogP contribution in [-0.4, -0.2) is 78.2 Å². The number of carbonyl (C=O) groups is 3. The molecule has 4 heterocycles. The number of fused-ring (bicyclic) bond motifs is 2. The number of para-hydroxylation sites is 1. The Labute approximate surface area is 255 Å². The fourth-order valence-electron chi connectivity index (χ4n) is 5.46.